The molecule has 1 aromatic rings. The monoisotopic (exact) mass is 301 g/mol. The molecular formula is C14H19Cl2N2O+. The standard InChI is InChI=1S/C14H18Cl2N2O/c15-12-5-4-11(13(16)8-12)9-17-14(19)10-18-6-2-1-3-7-18/h4-5,8H,1-3,6-7,9-10H2,(H,17,19)/p+1. The second-order valence-corrected chi connectivity index (χ2v) is 5.84. The van der Waals surface area contributed by atoms with E-state index < -0.39 is 0 Å². The lowest BCUT2D eigenvalue weighted by atomic mass is 10.1. The number of halogens is 2. The van der Waals surface area contributed by atoms with Crippen LogP contribution in [0.5, 0.6) is 0 Å². The highest BCUT2D eigenvalue weighted by Crippen LogP contribution is 2.20. The molecule has 0 unspecified atom stereocenters. The largest absolute Gasteiger partial charge is 0.347 e. The number of piperidine rings is 1. The highest BCUT2D eigenvalue weighted by atomic mass is 35.5. The second kappa shape index (κ2) is 7.13. The van der Waals surface area contributed by atoms with Crippen LogP contribution >= 0.6 is 23.2 Å². The molecule has 104 valence electrons. The molecule has 1 fully saturated rings. The fourth-order valence-electron chi connectivity index (χ4n) is 2.38. The third kappa shape index (κ3) is 4.68. The van der Waals surface area contributed by atoms with Gasteiger partial charge in [0.15, 0.2) is 6.54 Å². The van der Waals surface area contributed by atoms with Crippen LogP contribution in [0.25, 0.3) is 0 Å². The number of amides is 1. The number of carbonyl (C=O) groups excluding carboxylic acids is 1. The lowest BCUT2D eigenvalue weighted by molar-refractivity contribution is -0.896. The Hall–Kier alpha value is -0.770. The molecule has 0 spiro atoms. The lowest BCUT2D eigenvalue weighted by Crippen LogP contribution is -3.13. The van der Waals surface area contributed by atoms with E-state index in [1.165, 1.54) is 24.2 Å². The summed E-state index contributed by atoms with van der Waals surface area (Å²) in [7, 11) is 0. The fourth-order valence-corrected chi connectivity index (χ4v) is 2.85. The number of benzene rings is 1. The van der Waals surface area contributed by atoms with Crippen molar-refractivity contribution in [2.75, 3.05) is 19.6 Å². The van der Waals surface area contributed by atoms with Crippen LogP contribution in [0.3, 0.4) is 0 Å². The Balaban J connectivity index is 1.79. The minimum Gasteiger partial charge on any atom is -0.347 e. The van der Waals surface area contributed by atoms with Crippen LogP contribution in [-0.2, 0) is 11.3 Å². The van der Waals surface area contributed by atoms with Gasteiger partial charge in [-0.15, -0.1) is 0 Å². The van der Waals surface area contributed by atoms with Crippen LogP contribution in [0.2, 0.25) is 10.0 Å². The summed E-state index contributed by atoms with van der Waals surface area (Å²) >= 11 is 11.9. The van der Waals surface area contributed by atoms with Crippen LogP contribution in [0.4, 0.5) is 0 Å². The first kappa shape index (κ1) is 14.6. The molecule has 0 aliphatic carbocycles. The Morgan fingerprint density at radius 2 is 1.95 bits per heavy atom. The van der Waals surface area contributed by atoms with Gasteiger partial charge in [0.05, 0.1) is 13.1 Å². The Labute approximate surface area is 123 Å². The van der Waals surface area contributed by atoms with Gasteiger partial charge in [-0.2, -0.15) is 0 Å². The first-order chi connectivity index (χ1) is 9.15. The van der Waals surface area contributed by atoms with Gasteiger partial charge in [-0.25, -0.2) is 0 Å². The highest BCUT2D eigenvalue weighted by molar-refractivity contribution is 6.35. The minimum atomic E-state index is 0.0860. The summed E-state index contributed by atoms with van der Waals surface area (Å²) in [6.45, 7) is 3.23. The number of nitrogens with one attached hydrogen (secondary N) is 2. The van der Waals surface area contributed by atoms with Gasteiger partial charge in [0.2, 0.25) is 0 Å². The topological polar surface area (TPSA) is 33.5 Å². The van der Waals surface area contributed by atoms with Crippen molar-refractivity contribution >= 4 is 29.1 Å². The van der Waals surface area contributed by atoms with Crippen molar-refractivity contribution in [3.05, 3.63) is 33.8 Å². The molecule has 1 amide bonds. The molecule has 19 heavy (non-hydrogen) atoms. The molecular weight excluding hydrogens is 283 g/mol. The van der Waals surface area contributed by atoms with Crippen LogP contribution in [-0.4, -0.2) is 25.5 Å². The number of rotatable bonds is 4. The molecule has 0 bridgehead atoms. The van der Waals surface area contributed by atoms with Gasteiger partial charge in [-0.3, -0.25) is 4.79 Å². The van der Waals surface area contributed by atoms with E-state index >= 15 is 0 Å². The van der Waals surface area contributed by atoms with E-state index in [0.717, 1.165) is 18.7 Å². The van der Waals surface area contributed by atoms with E-state index in [9.17, 15) is 4.79 Å². The summed E-state index contributed by atoms with van der Waals surface area (Å²) in [5, 5.41) is 4.12. The molecule has 1 aliphatic rings. The lowest BCUT2D eigenvalue weighted by Gasteiger charge is -2.22. The molecule has 3 nitrogen and oxygen atoms in total. The molecule has 1 heterocycles. The zero-order chi connectivity index (χ0) is 13.7. The Kier molecular flexibility index (Phi) is 5.49. The third-order valence-electron chi connectivity index (χ3n) is 3.46. The molecule has 0 saturated carbocycles. The molecule has 1 aliphatic heterocycles. The number of carbonyl (C=O) groups is 1. The molecule has 0 aromatic heterocycles. The molecule has 0 atom stereocenters. The van der Waals surface area contributed by atoms with Crippen molar-refractivity contribution in [3.8, 4) is 0 Å². The quantitative estimate of drug-likeness (QED) is 0.872. The predicted molar refractivity (Wildman–Crippen MR) is 77.7 cm³/mol. The average molecular weight is 302 g/mol. The smallest absolute Gasteiger partial charge is 0.275 e. The zero-order valence-electron chi connectivity index (χ0n) is 10.8. The maximum Gasteiger partial charge on any atom is 0.275 e. The first-order valence-electron chi connectivity index (χ1n) is 6.69. The molecule has 2 rings (SSSR count). The van der Waals surface area contributed by atoms with Gasteiger partial charge in [0.1, 0.15) is 0 Å². The molecule has 1 saturated heterocycles. The number of likely N-dealkylation sites (tertiary alicyclic amines) is 1. The normalized spacial score (nSPS) is 16.3. The average Bonchev–Trinajstić information content (AvgIpc) is 2.39. The summed E-state index contributed by atoms with van der Waals surface area (Å²) in [5.74, 6) is 0.0860. The summed E-state index contributed by atoms with van der Waals surface area (Å²) in [6.07, 6.45) is 3.75. The van der Waals surface area contributed by atoms with Crippen molar-refractivity contribution in [3.63, 3.8) is 0 Å². The third-order valence-corrected chi connectivity index (χ3v) is 4.05. The van der Waals surface area contributed by atoms with Gasteiger partial charge in [0.25, 0.3) is 5.91 Å². The Morgan fingerprint density at radius 3 is 2.63 bits per heavy atom. The van der Waals surface area contributed by atoms with Gasteiger partial charge in [0, 0.05) is 16.6 Å². The van der Waals surface area contributed by atoms with E-state index in [-0.39, 0.29) is 5.91 Å². The van der Waals surface area contributed by atoms with Crippen LogP contribution in [0.1, 0.15) is 24.8 Å². The maximum atomic E-state index is 11.9. The Morgan fingerprint density at radius 1 is 1.21 bits per heavy atom. The summed E-state index contributed by atoms with van der Waals surface area (Å²) in [5.41, 5.74) is 0.896. The summed E-state index contributed by atoms with van der Waals surface area (Å²) in [4.78, 5) is 13.2. The van der Waals surface area contributed by atoms with E-state index in [1.54, 1.807) is 12.1 Å². The van der Waals surface area contributed by atoms with Gasteiger partial charge >= 0.3 is 0 Å². The SMILES string of the molecule is O=C(C[NH+]1CCCCC1)NCc1ccc(Cl)cc1Cl. The maximum absolute atomic E-state index is 11.9. The predicted octanol–water partition coefficient (Wildman–Crippen LogP) is 1.68. The molecule has 1 aromatic carbocycles. The van der Waals surface area contributed by atoms with Crippen molar-refractivity contribution < 1.29 is 9.69 Å². The Bertz CT molecular complexity index is 445. The number of hydrogen-bond donors (Lipinski definition) is 2. The van der Waals surface area contributed by atoms with Gasteiger partial charge in [-0.1, -0.05) is 29.3 Å². The molecule has 5 heteroatoms. The van der Waals surface area contributed by atoms with E-state index in [4.69, 9.17) is 23.2 Å². The van der Waals surface area contributed by atoms with Crippen LogP contribution < -0.4 is 10.2 Å². The number of quaternary nitrogens is 1. The van der Waals surface area contributed by atoms with E-state index in [1.807, 2.05) is 6.07 Å². The minimum absolute atomic E-state index is 0.0860. The van der Waals surface area contributed by atoms with Gasteiger partial charge < -0.3 is 10.2 Å². The molecule has 2 N–H and O–H groups in total. The summed E-state index contributed by atoms with van der Waals surface area (Å²) in [6, 6.07) is 5.32. The van der Waals surface area contributed by atoms with Crippen molar-refractivity contribution in [2.45, 2.75) is 25.8 Å². The fraction of sp³-hybridized carbons (Fsp3) is 0.500. The van der Waals surface area contributed by atoms with Crippen molar-refractivity contribution in [2.24, 2.45) is 0 Å². The first-order valence-corrected chi connectivity index (χ1v) is 7.45. The van der Waals surface area contributed by atoms with Crippen LogP contribution in [0, 0.1) is 0 Å². The van der Waals surface area contributed by atoms with E-state index in [2.05, 4.69) is 5.32 Å². The van der Waals surface area contributed by atoms with Crippen LogP contribution in [0.15, 0.2) is 18.2 Å². The van der Waals surface area contributed by atoms with Crippen molar-refractivity contribution in [1.29, 1.82) is 0 Å². The van der Waals surface area contributed by atoms with Gasteiger partial charge in [-0.05, 0) is 37.0 Å². The second-order valence-electron chi connectivity index (χ2n) is 5.00. The van der Waals surface area contributed by atoms with Crippen molar-refractivity contribution in [1.82, 2.24) is 5.32 Å². The highest BCUT2D eigenvalue weighted by Gasteiger charge is 2.17. The summed E-state index contributed by atoms with van der Waals surface area (Å²) < 4.78 is 0. The number of hydrogen-bond acceptors (Lipinski definition) is 1. The molecule has 0 radical (unpaired) electrons. The van der Waals surface area contributed by atoms with E-state index in [0.29, 0.717) is 23.1 Å². The zero-order valence-corrected chi connectivity index (χ0v) is 12.4.